The fraction of sp³-hybridized carbons (Fsp3) is 0.0588. The van der Waals surface area contributed by atoms with Gasteiger partial charge >= 0.3 is 0 Å². The number of rotatable bonds is 8. The molecule has 12 aromatic carbocycles. The number of fused-ring (bicyclic) bond motifs is 7. The maximum Gasteiger partial charge on any atom is 0.0464 e. The molecular weight excluding hydrogens is 817 g/mol. The van der Waals surface area contributed by atoms with E-state index in [4.69, 9.17) is 0 Å². The van der Waals surface area contributed by atoms with E-state index < -0.39 is 0 Å². The Labute approximate surface area is 398 Å². The molecule has 1 unspecified atom stereocenters. The van der Waals surface area contributed by atoms with Crippen molar-refractivity contribution >= 4 is 43.1 Å². The van der Waals surface area contributed by atoms with Crippen molar-refractivity contribution in [2.24, 2.45) is 0 Å². The van der Waals surface area contributed by atoms with Gasteiger partial charge in [0.05, 0.1) is 0 Å². The van der Waals surface area contributed by atoms with E-state index in [9.17, 15) is 0 Å². The summed E-state index contributed by atoms with van der Waals surface area (Å²) in [5, 5.41) is 10.1. The molecule has 0 spiro atoms. The summed E-state index contributed by atoms with van der Waals surface area (Å²) in [5.41, 5.74) is 18.9. The molecule has 0 radical (unpaired) electrons. The van der Waals surface area contributed by atoms with Gasteiger partial charge < -0.3 is 0 Å². The van der Waals surface area contributed by atoms with E-state index >= 15 is 0 Å². The summed E-state index contributed by atoms with van der Waals surface area (Å²) >= 11 is 0. The Morgan fingerprint density at radius 2 is 0.765 bits per heavy atom. The van der Waals surface area contributed by atoms with Crippen LogP contribution in [0, 0.1) is 0 Å². The highest BCUT2D eigenvalue weighted by molar-refractivity contribution is 6.24. The third-order valence-electron chi connectivity index (χ3n) is 14.9. The maximum absolute atomic E-state index is 2.56. The van der Waals surface area contributed by atoms with E-state index in [1.165, 1.54) is 127 Å². The Bertz CT molecular complexity index is 3800. The predicted octanol–water partition coefficient (Wildman–Crippen LogP) is 18.7. The lowest BCUT2D eigenvalue weighted by Crippen LogP contribution is -2.26. The van der Waals surface area contributed by atoms with E-state index in [1.54, 1.807) is 0 Å². The molecule has 0 fully saturated rings. The molecule has 0 aliphatic heterocycles. The van der Waals surface area contributed by atoms with E-state index in [-0.39, 0.29) is 5.41 Å². The Morgan fingerprint density at radius 1 is 0.279 bits per heavy atom. The molecule has 0 N–H and O–H groups in total. The van der Waals surface area contributed by atoms with Crippen LogP contribution in [0.3, 0.4) is 0 Å². The molecule has 0 saturated carbocycles. The molecule has 0 nitrogen and oxygen atoms in total. The summed E-state index contributed by atoms with van der Waals surface area (Å²) in [6.45, 7) is 2.34. The van der Waals surface area contributed by atoms with Crippen LogP contribution in [0.4, 0.5) is 0 Å². The molecule has 1 atom stereocenters. The van der Waals surface area contributed by atoms with Crippen molar-refractivity contribution in [3.8, 4) is 66.8 Å². The lowest BCUT2D eigenvalue weighted by molar-refractivity contribution is 0.563. The third kappa shape index (κ3) is 6.29. The molecule has 1 aliphatic rings. The van der Waals surface area contributed by atoms with Crippen LogP contribution in [0.1, 0.15) is 36.5 Å². The Hall–Kier alpha value is -8.32. The lowest BCUT2D eigenvalue weighted by Gasteiger charge is -2.33. The van der Waals surface area contributed by atoms with Gasteiger partial charge in [0.1, 0.15) is 0 Å². The van der Waals surface area contributed by atoms with Crippen molar-refractivity contribution in [3.63, 3.8) is 0 Å². The molecule has 0 aromatic heterocycles. The van der Waals surface area contributed by atoms with Crippen molar-refractivity contribution in [1.29, 1.82) is 0 Å². The van der Waals surface area contributed by atoms with Crippen LogP contribution < -0.4 is 0 Å². The largest absolute Gasteiger partial charge is 0.0653 e. The molecule has 0 heteroatoms. The highest BCUT2D eigenvalue weighted by atomic mass is 14.5. The molecule has 320 valence electrons. The fourth-order valence-electron chi connectivity index (χ4n) is 12.0. The van der Waals surface area contributed by atoms with Gasteiger partial charge in [0.15, 0.2) is 0 Å². The third-order valence-corrected chi connectivity index (χ3v) is 14.9. The van der Waals surface area contributed by atoms with Crippen LogP contribution in [0.15, 0.2) is 249 Å². The van der Waals surface area contributed by atoms with Gasteiger partial charge in [-0.2, -0.15) is 0 Å². The topological polar surface area (TPSA) is 0 Å². The molecule has 0 saturated heterocycles. The summed E-state index contributed by atoms with van der Waals surface area (Å²) in [7, 11) is 0. The van der Waals surface area contributed by atoms with Gasteiger partial charge in [-0.25, -0.2) is 0 Å². The predicted molar refractivity (Wildman–Crippen MR) is 290 cm³/mol. The second-order valence-electron chi connectivity index (χ2n) is 18.6. The maximum atomic E-state index is 2.56. The molecule has 68 heavy (non-hydrogen) atoms. The first-order chi connectivity index (χ1) is 33.7. The SMILES string of the molecule is CCCC1(c2ccc3ccccc3c2)c2ccccc2-c2ccc(-c3c4ccccc4c(-c4ccc(-c5cc(-c6ccccc6)cc(-c6ccccc6)c5)c5ccccc45)c4ccccc34)cc21. The normalized spacial score (nSPS) is 14.1. The molecule has 0 heterocycles. The van der Waals surface area contributed by atoms with Crippen LogP contribution in [0.2, 0.25) is 0 Å². The molecule has 1 aliphatic carbocycles. The Balaban J connectivity index is 1.03. The minimum absolute atomic E-state index is 0.282. The van der Waals surface area contributed by atoms with Gasteiger partial charge in [0, 0.05) is 5.41 Å². The van der Waals surface area contributed by atoms with Crippen molar-refractivity contribution in [2.45, 2.75) is 25.2 Å². The van der Waals surface area contributed by atoms with Gasteiger partial charge in [0.25, 0.3) is 0 Å². The smallest absolute Gasteiger partial charge is 0.0464 e. The molecule has 12 aromatic rings. The van der Waals surface area contributed by atoms with E-state index in [0.717, 1.165) is 12.8 Å². The zero-order valence-electron chi connectivity index (χ0n) is 38.1. The first-order valence-corrected chi connectivity index (χ1v) is 24.1. The van der Waals surface area contributed by atoms with Gasteiger partial charge in [-0.1, -0.05) is 232 Å². The van der Waals surface area contributed by atoms with Crippen molar-refractivity contribution in [3.05, 3.63) is 265 Å². The Morgan fingerprint density at radius 3 is 1.41 bits per heavy atom. The second kappa shape index (κ2) is 16.2. The van der Waals surface area contributed by atoms with E-state index in [1.807, 2.05) is 0 Å². The molecule has 13 rings (SSSR count). The first-order valence-electron chi connectivity index (χ1n) is 24.1. The van der Waals surface area contributed by atoms with Gasteiger partial charge in [-0.05, 0) is 163 Å². The zero-order chi connectivity index (χ0) is 45.2. The first kappa shape index (κ1) is 40.0. The minimum atomic E-state index is -0.282. The average Bonchev–Trinajstić information content (AvgIpc) is 3.69. The number of hydrogen-bond acceptors (Lipinski definition) is 0. The molecule has 0 bridgehead atoms. The van der Waals surface area contributed by atoms with Crippen LogP contribution in [0.25, 0.3) is 110 Å². The highest BCUT2D eigenvalue weighted by Crippen LogP contribution is 2.57. The standard InChI is InChI=1S/C68H48/c1-2-39-68(53-35-33-47-23-9-10-24-48(47)43-53)64-32-18-17-27-57(64)58-36-34-49(44-65(58)68)66-59-28-13-15-30-61(59)67(62-31-16-14-29-60(62)66)63-38-37-54(55-25-11-12-26-56(55)63)52-41-50(45-19-5-3-6-20-45)40-51(42-52)46-21-7-4-8-22-46/h3-38,40-44H,2,39H2,1H3. The van der Waals surface area contributed by atoms with E-state index in [0.29, 0.717) is 0 Å². The average molecular weight is 865 g/mol. The highest BCUT2D eigenvalue weighted by Gasteiger charge is 2.44. The number of benzene rings is 12. The second-order valence-corrected chi connectivity index (χ2v) is 18.6. The molecule has 0 amide bonds. The van der Waals surface area contributed by atoms with Gasteiger partial charge in [-0.3, -0.25) is 0 Å². The van der Waals surface area contributed by atoms with Crippen molar-refractivity contribution in [1.82, 2.24) is 0 Å². The lowest BCUT2D eigenvalue weighted by atomic mass is 9.69. The molecular formula is C68H48. The quantitative estimate of drug-likeness (QED) is 0.134. The number of hydrogen-bond donors (Lipinski definition) is 0. The summed E-state index contributed by atoms with van der Waals surface area (Å²) in [5.74, 6) is 0. The zero-order valence-corrected chi connectivity index (χ0v) is 38.1. The van der Waals surface area contributed by atoms with Gasteiger partial charge in [0.2, 0.25) is 0 Å². The van der Waals surface area contributed by atoms with Crippen molar-refractivity contribution in [2.75, 3.05) is 0 Å². The summed E-state index contributed by atoms with van der Waals surface area (Å²) in [4.78, 5) is 0. The monoisotopic (exact) mass is 864 g/mol. The Kier molecular flexibility index (Phi) is 9.55. The summed E-state index contributed by atoms with van der Waals surface area (Å²) in [6, 6.07) is 93.1. The van der Waals surface area contributed by atoms with Crippen molar-refractivity contribution < 1.29 is 0 Å². The van der Waals surface area contributed by atoms with Crippen LogP contribution in [-0.4, -0.2) is 0 Å². The summed E-state index contributed by atoms with van der Waals surface area (Å²) < 4.78 is 0. The van der Waals surface area contributed by atoms with Crippen LogP contribution in [0.5, 0.6) is 0 Å². The van der Waals surface area contributed by atoms with Crippen LogP contribution in [-0.2, 0) is 5.41 Å². The minimum Gasteiger partial charge on any atom is -0.0653 e. The summed E-state index contributed by atoms with van der Waals surface area (Å²) in [6.07, 6.45) is 2.08. The fourth-order valence-corrected chi connectivity index (χ4v) is 12.0. The van der Waals surface area contributed by atoms with E-state index in [2.05, 4.69) is 256 Å². The van der Waals surface area contributed by atoms with Crippen LogP contribution >= 0.6 is 0 Å². The van der Waals surface area contributed by atoms with Gasteiger partial charge in [-0.15, -0.1) is 0 Å².